The van der Waals surface area contributed by atoms with E-state index in [1.165, 1.54) is 45.2 Å². The maximum atomic E-state index is 9.75. The van der Waals surface area contributed by atoms with Crippen LogP contribution in [0, 0.1) is 5.92 Å². The van der Waals surface area contributed by atoms with Crippen molar-refractivity contribution < 1.29 is 5.11 Å². The Morgan fingerprint density at radius 1 is 1.20 bits per heavy atom. The number of β-amino-alcohol motifs (C(OH)–C–C–N with tert-alkyl or cyclic N) is 1. The molecule has 0 saturated carbocycles. The Bertz CT molecular complexity index is 161. The lowest BCUT2D eigenvalue weighted by molar-refractivity contribution is 0.0286. The molecule has 2 unspecified atom stereocenters. The highest BCUT2D eigenvalue weighted by Gasteiger charge is 2.23. The average molecular weight is 213 g/mol. The van der Waals surface area contributed by atoms with E-state index < -0.39 is 0 Å². The highest BCUT2D eigenvalue weighted by atomic mass is 16.3. The zero-order valence-corrected chi connectivity index (χ0v) is 10.4. The van der Waals surface area contributed by atoms with E-state index in [-0.39, 0.29) is 6.10 Å². The summed E-state index contributed by atoms with van der Waals surface area (Å²) < 4.78 is 0. The van der Waals surface area contributed by atoms with Gasteiger partial charge in [-0.3, -0.25) is 0 Å². The molecule has 1 saturated heterocycles. The number of unbranched alkanes of at least 4 members (excludes halogenated alkanes) is 4. The summed E-state index contributed by atoms with van der Waals surface area (Å²) in [5.74, 6) is 0.501. The van der Waals surface area contributed by atoms with E-state index in [1.54, 1.807) is 0 Å². The highest BCUT2D eigenvalue weighted by molar-refractivity contribution is 4.76. The van der Waals surface area contributed by atoms with Gasteiger partial charge in [0.05, 0.1) is 6.10 Å². The van der Waals surface area contributed by atoms with Crippen molar-refractivity contribution in [1.29, 1.82) is 0 Å². The second-order valence-corrected chi connectivity index (χ2v) is 5.05. The van der Waals surface area contributed by atoms with E-state index >= 15 is 0 Å². The monoisotopic (exact) mass is 213 g/mol. The summed E-state index contributed by atoms with van der Waals surface area (Å²) >= 11 is 0. The van der Waals surface area contributed by atoms with Crippen LogP contribution in [0.2, 0.25) is 0 Å². The van der Waals surface area contributed by atoms with Crippen molar-refractivity contribution in [2.24, 2.45) is 5.92 Å². The molecule has 1 aliphatic heterocycles. The number of likely N-dealkylation sites (tertiary alicyclic amines) is 1. The van der Waals surface area contributed by atoms with Crippen LogP contribution < -0.4 is 0 Å². The van der Waals surface area contributed by atoms with Crippen molar-refractivity contribution in [2.75, 3.05) is 19.6 Å². The fourth-order valence-electron chi connectivity index (χ4n) is 2.26. The Hall–Kier alpha value is -0.0800. The molecule has 0 aromatic carbocycles. The molecule has 0 amide bonds. The zero-order valence-electron chi connectivity index (χ0n) is 10.4. The number of piperidine rings is 1. The molecule has 15 heavy (non-hydrogen) atoms. The van der Waals surface area contributed by atoms with E-state index in [0.29, 0.717) is 5.92 Å². The summed E-state index contributed by atoms with van der Waals surface area (Å²) in [4.78, 5) is 2.43. The molecule has 0 aromatic heterocycles. The van der Waals surface area contributed by atoms with Crippen molar-refractivity contribution in [1.82, 2.24) is 4.90 Å². The molecule has 1 rings (SSSR count). The minimum atomic E-state index is -0.0885. The van der Waals surface area contributed by atoms with E-state index in [2.05, 4.69) is 18.7 Å². The van der Waals surface area contributed by atoms with Gasteiger partial charge in [-0.05, 0) is 31.8 Å². The van der Waals surface area contributed by atoms with Crippen LogP contribution in [0.4, 0.5) is 0 Å². The van der Waals surface area contributed by atoms with Crippen molar-refractivity contribution in [2.45, 2.75) is 58.5 Å². The number of rotatable bonds is 6. The first kappa shape index (κ1) is 13.0. The van der Waals surface area contributed by atoms with E-state index in [4.69, 9.17) is 0 Å². The summed E-state index contributed by atoms with van der Waals surface area (Å²) in [7, 11) is 0. The van der Waals surface area contributed by atoms with E-state index in [0.717, 1.165) is 13.0 Å². The first-order valence-corrected chi connectivity index (χ1v) is 6.64. The van der Waals surface area contributed by atoms with Crippen LogP contribution in [0.1, 0.15) is 52.4 Å². The highest BCUT2D eigenvalue weighted by Crippen LogP contribution is 2.17. The van der Waals surface area contributed by atoms with E-state index in [1.807, 2.05) is 0 Å². The lowest BCUT2D eigenvalue weighted by atomic mass is 9.96. The molecule has 0 aliphatic carbocycles. The van der Waals surface area contributed by atoms with Crippen LogP contribution in [0.15, 0.2) is 0 Å². The summed E-state index contributed by atoms with van der Waals surface area (Å²) in [6.07, 6.45) is 7.81. The van der Waals surface area contributed by atoms with Crippen LogP contribution in [-0.4, -0.2) is 35.7 Å². The van der Waals surface area contributed by atoms with Crippen LogP contribution in [0.5, 0.6) is 0 Å². The van der Waals surface area contributed by atoms with Gasteiger partial charge in [-0.1, -0.05) is 39.5 Å². The quantitative estimate of drug-likeness (QED) is 0.686. The van der Waals surface area contributed by atoms with Gasteiger partial charge in [-0.15, -0.1) is 0 Å². The molecule has 1 fully saturated rings. The lowest BCUT2D eigenvalue weighted by Crippen LogP contribution is -2.43. The molecule has 1 heterocycles. The van der Waals surface area contributed by atoms with Gasteiger partial charge in [0, 0.05) is 6.54 Å². The number of aliphatic hydroxyl groups is 1. The molecule has 1 N–H and O–H groups in total. The lowest BCUT2D eigenvalue weighted by Gasteiger charge is -2.34. The van der Waals surface area contributed by atoms with Gasteiger partial charge < -0.3 is 10.0 Å². The van der Waals surface area contributed by atoms with E-state index in [9.17, 15) is 5.11 Å². The molecule has 0 bridgehead atoms. The average Bonchev–Trinajstić information content (AvgIpc) is 2.23. The molecular weight excluding hydrogens is 186 g/mol. The molecule has 2 atom stereocenters. The molecule has 90 valence electrons. The Kier molecular flexibility index (Phi) is 6.26. The smallest absolute Gasteiger partial charge is 0.0693 e. The third-order valence-corrected chi connectivity index (χ3v) is 3.58. The molecule has 2 nitrogen and oxygen atoms in total. The molecule has 0 radical (unpaired) electrons. The maximum absolute atomic E-state index is 9.75. The summed E-state index contributed by atoms with van der Waals surface area (Å²) in [6.45, 7) is 7.68. The van der Waals surface area contributed by atoms with Gasteiger partial charge in [0.1, 0.15) is 0 Å². The number of aliphatic hydroxyl groups excluding tert-OH is 1. The second-order valence-electron chi connectivity index (χ2n) is 5.05. The third kappa shape index (κ3) is 4.98. The SMILES string of the molecule is CCCCCCCN1CCC(C)C(O)C1. The van der Waals surface area contributed by atoms with Gasteiger partial charge in [-0.2, -0.15) is 0 Å². The van der Waals surface area contributed by atoms with Gasteiger partial charge in [-0.25, -0.2) is 0 Å². The fraction of sp³-hybridized carbons (Fsp3) is 1.00. The predicted octanol–water partition coefficient (Wildman–Crippen LogP) is 2.66. The van der Waals surface area contributed by atoms with Gasteiger partial charge >= 0.3 is 0 Å². The van der Waals surface area contributed by atoms with Crippen molar-refractivity contribution >= 4 is 0 Å². The molecule has 0 aromatic rings. The van der Waals surface area contributed by atoms with Crippen LogP contribution in [0.3, 0.4) is 0 Å². The van der Waals surface area contributed by atoms with Gasteiger partial charge in [0.15, 0.2) is 0 Å². The van der Waals surface area contributed by atoms with Crippen LogP contribution in [-0.2, 0) is 0 Å². The number of nitrogens with zero attached hydrogens (tertiary/aromatic N) is 1. The van der Waals surface area contributed by atoms with Gasteiger partial charge in [0.25, 0.3) is 0 Å². The van der Waals surface area contributed by atoms with Crippen molar-refractivity contribution in [3.8, 4) is 0 Å². The van der Waals surface area contributed by atoms with Crippen LogP contribution in [0.25, 0.3) is 0 Å². The maximum Gasteiger partial charge on any atom is 0.0693 e. The Morgan fingerprint density at radius 2 is 1.93 bits per heavy atom. The Labute approximate surface area is 94.7 Å². The fourth-order valence-corrected chi connectivity index (χ4v) is 2.26. The second kappa shape index (κ2) is 7.24. The first-order valence-electron chi connectivity index (χ1n) is 6.64. The standard InChI is InChI=1S/C13H27NO/c1-3-4-5-6-7-9-14-10-8-12(2)13(15)11-14/h12-13,15H,3-11H2,1-2H3. The molecule has 0 spiro atoms. The minimum absolute atomic E-state index is 0.0885. The predicted molar refractivity (Wildman–Crippen MR) is 65.0 cm³/mol. The number of hydrogen-bond donors (Lipinski definition) is 1. The normalized spacial score (nSPS) is 28.2. The Morgan fingerprint density at radius 3 is 2.60 bits per heavy atom. The summed E-state index contributed by atoms with van der Waals surface area (Å²) in [6, 6.07) is 0. The van der Waals surface area contributed by atoms with Gasteiger partial charge in [0.2, 0.25) is 0 Å². The third-order valence-electron chi connectivity index (χ3n) is 3.58. The minimum Gasteiger partial charge on any atom is -0.392 e. The molecule has 2 heteroatoms. The summed E-state index contributed by atoms with van der Waals surface area (Å²) in [5.41, 5.74) is 0. The Balaban J connectivity index is 2.02. The van der Waals surface area contributed by atoms with Crippen LogP contribution >= 0.6 is 0 Å². The molecule has 1 aliphatic rings. The zero-order chi connectivity index (χ0) is 11.1. The largest absolute Gasteiger partial charge is 0.392 e. The topological polar surface area (TPSA) is 23.5 Å². The molecular formula is C13H27NO. The van der Waals surface area contributed by atoms with Crippen molar-refractivity contribution in [3.05, 3.63) is 0 Å². The number of hydrogen-bond acceptors (Lipinski definition) is 2. The first-order chi connectivity index (χ1) is 7.24. The van der Waals surface area contributed by atoms with Crippen molar-refractivity contribution in [3.63, 3.8) is 0 Å². The summed E-state index contributed by atoms with van der Waals surface area (Å²) in [5, 5.41) is 9.75.